The van der Waals surface area contributed by atoms with E-state index in [0.29, 0.717) is 24.3 Å². The first-order valence-electron chi connectivity index (χ1n) is 9.39. The summed E-state index contributed by atoms with van der Waals surface area (Å²) in [6, 6.07) is 2.01. The number of benzene rings is 2. The van der Waals surface area contributed by atoms with Gasteiger partial charge in [0, 0.05) is 11.1 Å². The molecule has 11 N–H and O–H groups in total. The molecule has 0 aromatic heterocycles. The average molecular weight is 484 g/mol. The number of hydrogen-bond donors (Lipinski definition) is 11. The number of phenols is 6. The van der Waals surface area contributed by atoms with Crippen LogP contribution in [-0.2, 0) is 4.74 Å². The van der Waals surface area contributed by atoms with Crippen molar-refractivity contribution in [1.29, 1.82) is 0 Å². The Balaban J connectivity index is 2.24. The van der Waals surface area contributed by atoms with Gasteiger partial charge in [0.1, 0.15) is 18.3 Å². The predicted molar refractivity (Wildman–Crippen MR) is 105 cm³/mol. The molecular formula is C20H20O14. The van der Waals surface area contributed by atoms with Crippen LogP contribution in [-0.4, -0.2) is 104 Å². The SMILES string of the molecule is O=C(c1cc(O)c(O)c(O)c1)C1(O)OC(CO)C(O)C(O)C1(O)C(=O)c1cc(O)c(O)c(O)c1. The lowest BCUT2D eigenvalue weighted by Crippen LogP contribution is -2.78. The van der Waals surface area contributed by atoms with E-state index in [4.69, 9.17) is 4.74 Å². The Morgan fingerprint density at radius 2 is 1.15 bits per heavy atom. The Kier molecular flexibility index (Phi) is 6.08. The summed E-state index contributed by atoms with van der Waals surface area (Å²) in [7, 11) is 0. The van der Waals surface area contributed by atoms with E-state index in [1.165, 1.54) is 0 Å². The second-order valence-corrected chi connectivity index (χ2v) is 7.57. The van der Waals surface area contributed by atoms with Crippen molar-refractivity contribution in [1.82, 2.24) is 0 Å². The molecule has 1 aliphatic rings. The second kappa shape index (κ2) is 8.28. The van der Waals surface area contributed by atoms with E-state index in [9.17, 15) is 65.8 Å². The van der Waals surface area contributed by atoms with Crippen LogP contribution in [0.4, 0.5) is 0 Å². The zero-order valence-corrected chi connectivity index (χ0v) is 16.9. The second-order valence-electron chi connectivity index (χ2n) is 7.57. The minimum Gasteiger partial charge on any atom is -0.504 e. The minimum atomic E-state index is -3.82. The van der Waals surface area contributed by atoms with Crippen LogP contribution in [0, 0.1) is 0 Å². The molecule has 34 heavy (non-hydrogen) atoms. The number of aromatic hydroxyl groups is 6. The Hall–Kier alpha value is -3.66. The van der Waals surface area contributed by atoms with E-state index >= 15 is 0 Å². The van der Waals surface area contributed by atoms with E-state index in [-0.39, 0.29) is 0 Å². The van der Waals surface area contributed by atoms with E-state index in [1.54, 1.807) is 0 Å². The van der Waals surface area contributed by atoms with Gasteiger partial charge in [-0.3, -0.25) is 9.59 Å². The highest BCUT2D eigenvalue weighted by atomic mass is 16.7. The summed E-state index contributed by atoms with van der Waals surface area (Å²) in [5.41, 5.74) is -5.54. The zero-order valence-electron chi connectivity index (χ0n) is 16.9. The summed E-state index contributed by atoms with van der Waals surface area (Å²) in [4.78, 5) is 26.4. The van der Waals surface area contributed by atoms with Crippen LogP contribution in [0.2, 0.25) is 0 Å². The highest BCUT2D eigenvalue weighted by Crippen LogP contribution is 2.45. The van der Waals surface area contributed by atoms with Crippen LogP contribution in [0.15, 0.2) is 24.3 Å². The fraction of sp³-hybridized carbons (Fsp3) is 0.300. The van der Waals surface area contributed by atoms with Gasteiger partial charge in [0.05, 0.1) is 6.61 Å². The maximum atomic E-state index is 13.2. The molecule has 1 heterocycles. The molecule has 0 spiro atoms. The number of hydrogen-bond acceptors (Lipinski definition) is 14. The Morgan fingerprint density at radius 1 is 0.765 bits per heavy atom. The summed E-state index contributed by atoms with van der Waals surface area (Å²) in [6.07, 6.45) is -6.96. The quantitative estimate of drug-likeness (QED) is 0.155. The minimum absolute atomic E-state index is 0.496. The van der Waals surface area contributed by atoms with Gasteiger partial charge in [0.25, 0.3) is 5.79 Å². The third-order valence-electron chi connectivity index (χ3n) is 5.47. The number of ketones is 2. The smallest absolute Gasteiger partial charge is 0.272 e. The molecule has 1 fully saturated rings. The molecule has 0 bridgehead atoms. The van der Waals surface area contributed by atoms with Crippen LogP contribution < -0.4 is 0 Å². The fourth-order valence-corrected chi connectivity index (χ4v) is 3.58. The highest BCUT2D eigenvalue weighted by molar-refractivity contribution is 6.12. The van der Waals surface area contributed by atoms with Crippen molar-refractivity contribution in [3.63, 3.8) is 0 Å². The summed E-state index contributed by atoms with van der Waals surface area (Å²) in [5, 5.41) is 110. The van der Waals surface area contributed by atoms with Gasteiger partial charge in [0.15, 0.2) is 34.5 Å². The normalized spacial score (nSPS) is 29.0. The maximum Gasteiger partial charge on any atom is 0.272 e. The lowest BCUT2D eigenvalue weighted by Gasteiger charge is -2.50. The number of Topliss-reactive ketones (excluding diaryl/α,β-unsaturated/α-hetero) is 2. The molecule has 0 amide bonds. The predicted octanol–water partition coefficient (Wildman–Crippen LogP) is -2.48. The van der Waals surface area contributed by atoms with Crippen molar-refractivity contribution in [3.8, 4) is 34.5 Å². The molecule has 0 aliphatic carbocycles. The van der Waals surface area contributed by atoms with E-state index in [1.807, 2.05) is 0 Å². The van der Waals surface area contributed by atoms with Gasteiger partial charge in [-0.25, -0.2) is 0 Å². The lowest BCUT2D eigenvalue weighted by atomic mass is 9.72. The highest BCUT2D eigenvalue weighted by Gasteiger charge is 2.71. The monoisotopic (exact) mass is 484 g/mol. The molecule has 3 rings (SSSR count). The standard InChI is InChI=1S/C20H20O14/c21-5-12-15(28)18(31)19(32,16(29)6-1-8(22)13(26)9(23)2-6)20(33,34-12)17(30)7-3-10(24)14(27)11(25)4-7/h1-4,12,15,18,21-28,31-33H,5H2. The topological polar surface area (TPSA) is 266 Å². The summed E-state index contributed by atoms with van der Waals surface area (Å²) in [5.74, 6) is -13.8. The lowest BCUT2D eigenvalue weighted by molar-refractivity contribution is -0.345. The fourth-order valence-electron chi connectivity index (χ4n) is 3.58. The average Bonchev–Trinajstić information content (AvgIpc) is 2.80. The van der Waals surface area contributed by atoms with Crippen LogP contribution in [0.5, 0.6) is 34.5 Å². The van der Waals surface area contributed by atoms with Gasteiger partial charge in [0.2, 0.25) is 17.2 Å². The zero-order chi connectivity index (χ0) is 25.7. The van der Waals surface area contributed by atoms with Crippen LogP contribution in [0.25, 0.3) is 0 Å². The maximum absolute atomic E-state index is 13.2. The van der Waals surface area contributed by atoms with E-state index in [0.717, 1.165) is 0 Å². The molecule has 0 radical (unpaired) electrons. The third-order valence-corrected chi connectivity index (χ3v) is 5.47. The van der Waals surface area contributed by atoms with E-state index < -0.39 is 93.5 Å². The number of aliphatic hydroxyl groups is 5. The van der Waals surface area contributed by atoms with Gasteiger partial charge in [-0.2, -0.15) is 0 Å². The van der Waals surface area contributed by atoms with Crippen molar-refractivity contribution < 1.29 is 70.5 Å². The first kappa shape index (κ1) is 25.0. The molecule has 14 nitrogen and oxygen atoms in total. The molecule has 1 saturated heterocycles. The van der Waals surface area contributed by atoms with Crippen LogP contribution in [0.3, 0.4) is 0 Å². The van der Waals surface area contributed by atoms with Crippen LogP contribution >= 0.6 is 0 Å². The number of rotatable bonds is 5. The molecule has 184 valence electrons. The Labute approximate surface area is 189 Å². The van der Waals surface area contributed by atoms with Crippen molar-refractivity contribution in [2.75, 3.05) is 6.61 Å². The molecule has 2 aromatic carbocycles. The van der Waals surface area contributed by atoms with Crippen molar-refractivity contribution in [2.24, 2.45) is 0 Å². The summed E-state index contributed by atoms with van der Waals surface area (Å²) < 4.78 is 4.95. The van der Waals surface area contributed by atoms with Gasteiger partial charge in [-0.05, 0) is 24.3 Å². The van der Waals surface area contributed by atoms with Crippen molar-refractivity contribution in [2.45, 2.75) is 29.7 Å². The van der Waals surface area contributed by atoms with Gasteiger partial charge in [-0.1, -0.05) is 0 Å². The number of phenolic OH excluding ortho intramolecular Hbond substituents is 6. The molecular weight excluding hydrogens is 464 g/mol. The molecule has 2 aromatic rings. The van der Waals surface area contributed by atoms with Gasteiger partial charge in [-0.15, -0.1) is 0 Å². The molecule has 14 heteroatoms. The largest absolute Gasteiger partial charge is 0.504 e. The number of aliphatic hydroxyl groups excluding tert-OH is 3. The molecule has 0 saturated carbocycles. The van der Waals surface area contributed by atoms with Gasteiger partial charge < -0.3 is 60.9 Å². The van der Waals surface area contributed by atoms with Crippen molar-refractivity contribution >= 4 is 11.6 Å². The number of carbonyl (C=O) groups is 2. The first-order chi connectivity index (χ1) is 15.7. The van der Waals surface area contributed by atoms with Crippen LogP contribution in [0.1, 0.15) is 20.7 Å². The Morgan fingerprint density at radius 3 is 1.53 bits per heavy atom. The molecule has 5 unspecified atom stereocenters. The first-order valence-corrected chi connectivity index (χ1v) is 9.39. The molecule has 1 aliphatic heterocycles. The summed E-state index contributed by atoms with van der Waals surface area (Å²) in [6.45, 7) is -1.13. The van der Waals surface area contributed by atoms with E-state index in [2.05, 4.69) is 0 Å². The number of carbonyl (C=O) groups excluding carboxylic acids is 2. The third kappa shape index (κ3) is 3.45. The van der Waals surface area contributed by atoms with Gasteiger partial charge >= 0.3 is 0 Å². The summed E-state index contributed by atoms with van der Waals surface area (Å²) >= 11 is 0. The molecule has 5 atom stereocenters. The Bertz CT molecular complexity index is 1120. The number of ether oxygens (including phenoxy) is 1. The van der Waals surface area contributed by atoms with Crippen molar-refractivity contribution in [3.05, 3.63) is 35.4 Å².